The summed E-state index contributed by atoms with van der Waals surface area (Å²) in [6.45, 7) is 3.79. The average molecular weight is 458 g/mol. The van der Waals surface area contributed by atoms with Crippen molar-refractivity contribution in [2.75, 3.05) is 23.3 Å². The number of pyridine rings is 1. The van der Waals surface area contributed by atoms with E-state index in [1.54, 1.807) is 23.0 Å². The van der Waals surface area contributed by atoms with Crippen molar-refractivity contribution in [3.63, 3.8) is 0 Å². The molecule has 6 rings (SSSR count). The number of nitrogens with zero attached hydrogens (tertiary/aromatic N) is 5. The summed E-state index contributed by atoms with van der Waals surface area (Å²) < 4.78 is 1.70. The van der Waals surface area contributed by atoms with Crippen molar-refractivity contribution >= 4 is 33.8 Å². The highest BCUT2D eigenvalue weighted by Crippen LogP contribution is 2.31. The van der Waals surface area contributed by atoms with Crippen molar-refractivity contribution in [2.24, 2.45) is 0 Å². The Hall–Kier alpha value is -3.72. The number of aryl methyl sites for hydroxylation is 1. The first kappa shape index (κ1) is 20.9. The molecule has 174 valence electrons. The molecule has 9 nitrogen and oxygen atoms in total. The van der Waals surface area contributed by atoms with Crippen LogP contribution >= 0.6 is 0 Å². The highest BCUT2D eigenvalue weighted by Gasteiger charge is 2.28. The molecule has 0 unspecified atom stereocenters. The zero-order chi connectivity index (χ0) is 23.2. The summed E-state index contributed by atoms with van der Waals surface area (Å²) in [5, 5.41) is 26.2. The van der Waals surface area contributed by atoms with E-state index in [0.717, 1.165) is 48.7 Å². The number of hydrogen-bond donors (Lipinski definition) is 3. The standard InChI is InChI=1S/C25H27N7O2/c1-15-13-32-14-18(12-22(33)24(32)27-15)29-25(34)20-4-5-21(19-6-9-26-30-23(19)20)31-10-7-17(8-11-31)28-16-2-3-16/h4-6,9,12-14,16-17,28,33H,2-3,7-8,10-11H2,1H3,(H,29,34). The lowest BCUT2D eigenvalue weighted by Crippen LogP contribution is -2.43. The van der Waals surface area contributed by atoms with Crippen molar-refractivity contribution in [3.8, 4) is 5.75 Å². The largest absolute Gasteiger partial charge is 0.504 e. The van der Waals surface area contributed by atoms with Crippen molar-refractivity contribution in [3.05, 3.63) is 54.1 Å². The van der Waals surface area contributed by atoms with Gasteiger partial charge in [0.15, 0.2) is 11.4 Å². The van der Waals surface area contributed by atoms with Gasteiger partial charge in [0.2, 0.25) is 0 Å². The summed E-state index contributed by atoms with van der Waals surface area (Å²) in [5.41, 5.74) is 3.80. The van der Waals surface area contributed by atoms with Crippen LogP contribution in [0.2, 0.25) is 0 Å². The highest BCUT2D eigenvalue weighted by molar-refractivity contribution is 6.13. The second-order valence-electron chi connectivity index (χ2n) is 9.31. The van der Waals surface area contributed by atoms with Gasteiger partial charge >= 0.3 is 0 Å². The van der Waals surface area contributed by atoms with Gasteiger partial charge in [-0.15, -0.1) is 5.10 Å². The molecule has 1 saturated heterocycles. The van der Waals surface area contributed by atoms with Gasteiger partial charge in [0, 0.05) is 54.7 Å². The van der Waals surface area contributed by atoms with Crippen LogP contribution in [0.3, 0.4) is 0 Å². The van der Waals surface area contributed by atoms with Gasteiger partial charge in [0.1, 0.15) is 5.52 Å². The number of fused-ring (bicyclic) bond motifs is 2. The first-order chi connectivity index (χ1) is 16.5. The van der Waals surface area contributed by atoms with E-state index in [1.807, 2.05) is 25.1 Å². The number of amides is 1. The fraction of sp³-hybridized carbons (Fsp3) is 0.360. The van der Waals surface area contributed by atoms with Crippen LogP contribution in [0.1, 0.15) is 41.7 Å². The molecule has 3 N–H and O–H groups in total. The minimum atomic E-state index is -0.306. The Morgan fingerprint density at radius 3 is 2.68 bits per heavy atom. The number of benzene rings is 1. The molecule has 4 heterocycles. The molecule has 2 aliphatic rings. The summed E-state index contributed by atoms with van der Waals surface area (Å²) in [4.78, 5) is 19.9. The summed E-state index contributed by atoms with van der Waals surface area (Å²) >= 11 is 0. The molecule has 2 fully saturated rings. The van der Waals surface area contributed by atoms with Gasteiger partial charge < -0.3 is 25.0 Å². The molecular formula is C25H27N7O2. The van der Waals surface area contributed by atoms with Crippen LogP contribution in [0.15, 0.2) is 42.9 Å². The topological polar surface area (TPSA) is 108 Å². The molecule has 9 heteroatoms. The fourth-order valence-corrected chi connectivity index (χ4v) is 4.87. The minimum Gasteiger partial charge on any atom is -0.504 e. The van der Waals surface area contributed by atoms with E-state index in [9.17, 15) is 9.90 Å². The fourth-order valence-electron chi connectivity index (χ4n) is 4.87. The lowest BCUT2D eigenvalue weighted by Gasteiger charge is -2.34. The molecule has 1 aliphatic heterocycles. The highest BCUT2D eigenvalue weighted by atomic mass is 16.3. The maximum absolute atomic E-state index is 13.2. The molecule has 0 spiro atoms. The van der Waals surface area contributed by atoms with E-state index in [-0.39, 0.29) is 11.7 Å². The summed E-state index contributed by atoms with van der Waals surface area (Å²) in [6.07, 6.45) is 10.0. The third-order valence-corrected chi connectivity index (χ3v) is 6.70. The molecule has 34 heavy (non-hydrogen) atoms. The first-order valence-electron chi connectivity index (χ1n) is 11.8. The number of rotatable bonds is 5. The van der Waals surface area contributed by atoms with Gasteiger partial charge in [-0.3, -0.25) is 4.79 Å². The van der Waals surface area contributed by atoms with Crippen molar-refractivity contribution in [1.29, 1.82) is 0 Å². The second kappa shape index (κ2) is 8.25. The van der Waals surface area contributed by atoms with Gasteiger partial charge in [0.25, 0.3) is 5.91 Å². The molecule has 1 aromatic carbocycles. The molecule has 0 atom stereocenters. The number of carbonyl (C=O) groups is 1. The smallest absolute Gasteiger partial charge is 0.257 e. The van der Waals surface area contributed by atoms with Crippen molar-refractivity contribution < 1.29 is 9.90 Å². The van der Waals surface area contributed by atoms with Gasteiger partial charge in [0.05, 0.1) is 23.1 Å². The average Bonchev–Trinajstić information content (AvgIpc) is 3.57. The summed E-state index contributed by atoms with van der Waals surface area (Å²) in [5.74, 6) is -0.301. The van der Waals surface area contributed by atoms with Gasteiger partial charge in [-0.05, 0) is 50.8 Å². The van der Waals surface area contributed by atoms with Gasteiger partial charge in [-0.1, -0.05) is 0 Å². The summed E-state index contributed by atoms with van der Waals surface area (Å²) in [7, 11) is 0. The molecule has 4 aromatic rings. The Morgan fingerprint density at radius 1 is 1.09 bits per heavy atom. The number of hydrogen-bond acceptors (Lipinski definition) is 7. The maximum atomic E-state index is 13.2. The Balaban J connectivity index is 1.26. The summed E-state index contributed by atoms with van der Waals surface area (Å²) in [6, 6.07) is 8.57. The monoisotopic (exact) mass is 457 g/mol. The Bertz CT molecular complexity index is 1390. The lowest BCUT2D eigenvalue weighted by molar-refractivity contribution is 0.102. The normalized spacial score (nSPS) is 16.9. The number of imidazole rings is 1. The predicted octanol–water partition coefficient (Wildman–Crippen LogP) is 3.26. The van der Waals surface area contributed by atoms with Crippen LogP contribution in [-0.4, -0.2) is 55.8 Å². The Labute approximate surface area is 196 Å². The van der Waals surface area contributed by atoms with Gasteiger partial charge in [-0.2, -0.15) is 5.10 Å². The lowest BCUT2D eigenvalue weighted by atomic mass is 10.0. The van der Waals surface area contributed by atoms with E-state index in [0.29, 0.717) is 28.5 Å². The number of aromatic nitrogens is 4. The van der Waals surface area contributed by atoms with Crippen molar-refractivity contribution in [1.82, 2.24) is 24.9 Å². The van der Waals surface area contributed by atoms with Crippen molar-refractivity contribution in [2.45, 2.75) is 44.7 Å². The van der Waals surface area contributed by atoms with E-state index in [4.69, 9.17) is 0 Å². The van der Waals surface area contributed by atoms with E-state index < -0.39 is 0 Å². The number of piperidine rings is 1. The van der Waals surface area contributed by atoms with Crippen LogP contribution in [0.5, 0.6) is 5.75 Å². The number of anilines is 2. The second-order valence-corrected chi connectivity index (χ2v) is 9.31. The van der Waals surface area contributed by atoms with Gasteiger partial charge in [-0.25, -0.2) is 4.98 Å². The van der Waals surface area contributed by atoms with E-state index in [2.05, 4.69) is 30.7 Å². The van der Waals surface area contributed by atoms with E-state index in [1.165, 1.54) is 18.9 Å². The Morgan fingerprint density at radius 2 is 1.88 bits per heavy atom. The third-order valence-electron chi connectivity index (χ3n) is 6.70. The molecular weight excluding hydrogens is 430 g/mol. The minimum absolute atomic E-state index is 0.00507. The molecule has 3 aromatic heterocycles. The van der Waals surface area contributed by atoms with E-state index >= 15 is 0 Å². The Kier molecular flexibility index (Phi) is 5.06. The number of aromatic hydroxyl groups is 1. The quantitative estimate of drug-likeness (QED) is 0.422. The zero-order valence-electron chi connectivity index (χ0n) is 19.0. The van der Waals surface area contributed by atoms with Crippen LogP contribution in [0.4, 0.5) is 11.4 Å². The zero-order valence-corrected chi connectivity index (χ0v) is 19.0. The van der Waals surface area contributed by atoms with Crippen LogP contribution in [-0.2, 0) is 0 Å². The number of nitrogens with one attached hydrogen (secondary N) is 2. The predicted molar refractivity (Wildman–Crippen MR) is 130 cm³/mol. The number of carbonyl (C=O) groups excluding carboxylic acids is 1. The molecule has 0 radical (unpaired) electrons. The molecule has 1 saturated carbocycles. The SMILES string of the molecule is Cc1cn2cc(NC(=O)c3ccc(N4CCC(NC5CC5)CC4)c4ccnnc34)cc(O)c2n1. The van der Waals surface area contributed by atoms with Crippen LogP contribution < -0.4 is 15.5 Å². The molecule has 1 amide bonds. The first-order valence-corrected chi connectivity index (χ1v) is 11.8. The van der Waals surface area contributed by atoms with Crippen LogP contribution in [0.25, 0.3) is 16.6 Å². The maximum Gasteiger partial charge on any atom is 0.257 e. The van der Waals surface area contributed by atoms with Crippen LogP contribution in [0, 0.1) is 6.92 Å². The third kappa shape index (κ3) is 3.92. The molecule has 1 aliphatic carbocycles. The molecule has 0 bridgehead atoms.